The lowest BCUT2D eigenvalue weighted by molar-refractivity contribution is 0.260. The largest absolute Gasteiger partial charge is 0.338 e. The SMILES string of the molecule is Cc1noc(CN(C)Cc2cccc(C#N)c2)n1. The van der Waals surface area contributed by atoms with Crippen LogP contribution in [0, 0.1) is 18.3 Å². The van der Waals surface area contributed by atoms with Crippen LogP contribution in [0.1, 0.15) is 22.8 Å². The lowest BCUT2D eigenvalue weighted by Gasteiger charge is -2.14. The second-order valence-electron chi connectivity index (χ2n) is 4.22. The van der Waals surface area contributed by atoms with Crippen molar-refractivity contribution in [1.82, 2.24) is 15.0 Å². The summed E-state index contributed by atoms with van der Waals surface area (Å²) in [6, 6.07) is 9.70. The van der Waals surface area contributed by atoms with Gasteiger partial charge in [-0.05, 0) is 31.7 Å². The molecule has 0 fully saturated rings. The van der Waals surface area contributed by atoms with E-state index < -0.39 is 0 Å². The van der Waals surface area contributed by atoms with Gasteiger partial charge >= 0.3 is 0 Å². The topological polar surface area (TPSA) is 66.0 Å². The van der Waals surface area contributed by atoms with Crippen LogP contribution in [0.25, 0.3) is 0 Å². The normalized spacial score (nSPS) is 10.6. The van der Waals surface area contributed by atoms with Gasteiger partial charge in [0.05, 0.1) is 18.2 Å². The standard InChI is InChI=1S/C13H14N4O/c1-10-15-13(18-16-10)9-17(2)8-12-5-3-4-11(6-12)7-14/h3-6H,8-9H2,1-2H3. The minimum absolute atomic E-state index is 0.595. The van der Waals surface area contributed by atoms with E-state index in [1.165, 1.54) is 0 Å². The van der Waals surface area contributed by atoms with Crippen LogP contribution >= 0.6 is 0 Å². The van der Waals surface area contributed by atoms with E-state index in [1.807, 2.05) is 25.2 Å². The van der Waals surface area contributed by atoms with Crippen LogP contribution in [0.2, 0.25) is 0 Å². The van der Waals surface area contributed by atoms with E-state index in [4.69, 9.17) is 9.78 Å². The van der Waals surface area contributed by atoms with Crippen molar-refractivity contribution in [1.29, 1.82) is 5.26 Å². The maximum absolute atomic E-state index is 8.84. The fourth-order valence-electron chi connectivity index (χ4n) is 1.74. The molecule has 0 unspecified atom stereocenters. The Morgan fingerprint density at radius 2 is 2.22 bits per heavy atom. The third-order valence-corrected chi connectivity index (χ3v) is 2.48. The van der Waals surface area contributed by atoms with Gasteiger partial charge in [-0.1, -0.05) is 17.3 Å². The van der Waals surface area contributed by atoms with Crippen molar-refractivity contribution in [2.45, 2.75) is 20.0 Å². The fraction of sp³-hybridized carbons (Fsp3) is 0.308. The zero-order valence-corrected chi connectivity index (χ0v) is 10.4. The molecule has 1 aromatic heterocycles. The van der Waals surface area contributed by atoms with Gasteiger partial charge in [0, 0.05) is 6.54 Å². The lowest BCUT2D eigenvalue weighted by atomic mass is 10.1. The molecule has 18 heavy (non-hydrogen) atoms. The number of rotatable bonds is 4. The molecule has 0 N–H and O–H groups in total. The maximum atomic E-state index is 8.84. The van der Waals surface area contributed by atoms with E-state index in [0.717, 1.165) is 12.1 Å². The summed E-state index contributed by atoms with van der Waals surface area (Å²) in [5.74, 6) is 1.25. The highest BCUT2D eigenvalue weighted by Gasteiger charge is 2.07. The van der Waals surface area contributed by atoms with Crippen molar-refractivity contribution in [2.75, 3.05) is 7.05 Å². The number of hydrogen-bond donors (Lipinski definition) is 0. The van der Waals surface area contributed by atoms with E-state index in [-0.39, 0.29) is 0 Å². The van der Waals surface area contributed by atoms with Crippen LogP contribution in [-0.2, 0) is 13.1 Å². The number of benzene rings is 1. The Labute approximate surface area is 106 Å². The summed E-state index contributed by atoms with van der Waals surface area (Å²) < 4.78 is 5.06. The lowest BCUT2D eigenvalue weighted by Crippen LogP contribution is -2.17. The van der Waals surface area contributed by atoms with Crippen molar-refractivity contribution < 1.29 is 4.52 Å². The summed E-state index contributed by atoms with van der Waals surface area (Å²) in [7, 11) is 1.97. The third-order valence-electron chi connectivity index (χ3n) is 2.48. The molecule has 0 saturated carbocycles. The van der Waals surface area contributed by atoms with Gasteiger partial charge in [-0.15, -0.1) is 0 Å². The molecule has 0 spiro atoms. The van der Waals surface area contributed by atoms with Gasteiger partial charge in [-0.2, -0.15) is 10.2 Å². The number of nitrogens with zero attached hydrogens (tertiary/aromatic N) is 4. The molecule has 0 amide bonds. The second-order valence-corrected chi connectivity index (χ2v) is 4.22. The molecule has 1 aromatic carbocycles. The first-order valence-corrected chi connectivity index (χ1v) is 5.64. The van der Waals surface area contributed by atoms with Crippen LogP contribution in [0.4, 0.5) is 0 Å². The van der Waals surface area contributed by atoms with Gasteiger partial charge in [-0.25, -0.2) is 0 Å². The van der Waals surface area contributed by atoms with Crippen molar-refractivity contribution in [3.63, 3.8) is 0 Å². The minimum Gasteiger partial charge on any atom is -0.338 e. The first kappa shape index (κ1) is 12.3. The van der Waals surface area contributed by atoms with E-state index in [1.54, 1.807) is 13.0 Å². The number of hydrogen-bond acceptors (Lipinski definition) is 5. The summed E-state index contributed by atoms with van der Waals surface area (Å²) in [4.78, 5) is 6.21. The Morgan fingerprint density at radius 3 is 2.89 bits per heavy atom. The van der Waals surface area contributed by atoms with Gasteiger partial charge in [-0.3, -0.25) is 4.90 Å². The monoisotopic (exact) mass is 242 g/mol. The van der Waals surface area contributed by atoms with E-state index in [0.29, 0.717) is 23.8 Å². The van der Waals surface area contributed by atoms with E-state index >= 15 is 0 Å². The van der Waals surface area contributed by atoms with Crippen LogP contribution in [0.5, 0.6) is 0 Å². The Bertz CT molecular complexity index is 570. The van der Waals surface area contributed by atoms with Gasteiger partial charge < -0.3 is 4.52 Å². The van der Waals surface area contributed by atoms with E-state index in [9.17, 15) is 0 Å². The maximum Gasteiger partial charge on any atom is 0.240 e. The van der Waals surface area contributed by atoms with Gasteiger partial charge in [0.25, 0.3) is 0 Å². The van der Waals surface area contributed by atoms with Crippen molar-refractivity contribution in [3.05, 3.63) is 47.1 Å². The average molecular weight is 242 g/mol. The summed E-state index contributed by atoms with van der Waals surface area (Å²) in [6.07, 6.45) is 0. The molecule has 92 valence electrons. The van der Waals surface area contributed by atoms with Gasteiger partial charge in [0.15, 0.2) is 5.82 Å². The van der Waals surface area contributed by atoms with Crippen LogP contribution in [0.15, 0.2) is 28.8 Å². The van der Waals surface area contributed by atoms with Crippen molar-refractivity contribution in [3.8, 4) is 6.07 Å². The Morgan fingerprint density at radius 1 is 1.39 bits per heavy atom. The number of aryl methyl sites for hydroxylation is 1. The van der Waals surface area contributed by atoms with Crippen LogP contribution in [0.3, 0.4) is 0 Å². The highest BCUT2D eigenvalue weighted by Crippen LogP contribution is 2.09. The first-order valence-electron chi connectivity index (χ1n) is 5.64. The quantitative estimate of drug-likeness (QED) is 0.819. The molecule has 5 nitrogen and oxygen atoms in total. The molecular formula is C13H14N4O. The predicted molar refractivity (Wildman–Crippen MR) is 65.4 cm³/mol. The van der Waals surface area contributed by atoms with E-state index in [2.05, 4.69) is 21.1 Å². The Hall–Kier alpha value is -2.19. The zero-order valence-electron chi connectivity index (χ0n) is 10.4. The molecule has 2 aromatic rings. The number of aromatic nitrogens is 2. The highest BCUT2D eigenvalue weighted by atomic mass is 16.5. The second kappa shape index (κ2) is 5.43. The predicted octanol–water partition coefficient (Wildman–Crippen LogP) is 1.88. The van der Waals surface area contributed by atoms with Gasteiger partial charge in [0.1, 0.15) is 0 Å². The van der Waals surface area contributed by atoms with Crippen LogP contribution < -0.4 is 0 Å². The Kier molecular flexibility index (Phi) is 3.70. The molecule has 0 bridgehead atoms. The summed E-state index contributed by atoms with van der Waals surface area (Å²) in [6.45, 7) is 3.12. The molecule has 0 saturated heterocycles. The smallest absolute Gasteiger partial charge is 0.240 e. The minimum atomic E-state index is 0.595. The average Bonchev–Trinajstić information content (AvgIpc) is 2.74. The van der Waals surface area contributed by atoms with Gasteiger partial charge in [0.2, 0.25) is 5.89 Å². The molecule has 0 aliphatic carbocycles. The molecular weight excluding hydrogens is 228 g/mol. The number of nitriles is 1. The molecule has 0 aliphatic heterocycles. The third kappa shape index (κ3) is 3.15. The summed E-state index contributed by atoms with van der Waals surface area (Å²) >= 11 is 0. The molecule has 0 radical (unpaired) electrons. The van der Waals surface area contributed by atoms with Crippen molar-refractivity contribution >= 4 is 0 Å². The fourth-order valence-corrected chi connectivity index (χ4v) is 1.74. The summed E-state index contributed by atoms with van der Waals surface area (Å²) in [5.41, 5.74) is 1.77. The molecule has 2 rings (SSSR count). The highest BCUT2D eigenvalue weighted by molar-refractivity contribution is 5.32. The summed E-state index contributed by atoms with van der Waals surface area (Å²) in [5, 5.41) is 12.6. The van der Waals surface area contributed by atoms with Crippen LogP contribution in [-0.4, -0.2) is 22.1 Å². The zero-order chi connectivity index (χ0) is 13.0. The van der Waals surface area contributed by atoms with Crippen molar-refractivity contribution in [2.24, 2.45) is 0 Å². The molecule has 0 aliphatic rings. The Balaban J connectivity index is 1.98. The molecule has 5 heteroatoms. The molecule has 1 heterocycles. The molecule has 0 atom stereocenters. The first-order chi connectivity index (χ1) is 8.67.